The number of pyridine rings is 1. The molecule has 6 heteroatoms. The summed E-state index contributed by atoms with van der Waals surface area (Å²) in [5, 5.41) is 5.58. The van der Waals surface area contributed by atoms with Gasteiger partial charge in [0.25, 0.3) is 11.8 Å². The van der Waals surface area contributed by atoms with Gasteiger partial charge < -0.3 is 15.4 Å². The average molecular weight is 327 g/mol. The van der Waals surface area contributed by atoms with Gasteiger partial charge in [-0.05, 0) is 18.1 Å². The van der Waals surface area contributed by atoms with Gasteiger partial charge in [0.15, 0.2) is 0 Å². The fourth-order valence-electron chi connectivity index (χ4n) is 2.09. The van der Waals surface area contributed by atoms with Gasteiger partial charge in [-0.1, -0.05) is 30.3 Å². The van der Waals surface area contributed by atoms with Crippen molar-refractivity contribution in [2.24, 2.45) is 0 Å². The molecule has 0 aliphatic carbocycles. The van der Waals surface area contributed by atoms with Crippen LogP contribution in [0.3, 0.4) is 0 Å². The molecule has 0 saturated carbocycles. The summed E-state index contributed by atoms with van der Waals surface area (Å²) in [6.07, 6.45) is 3.62. The summed E-state index contributed by atoms with van der Waals surface area (Å²) in [5.74, 6) is -0.517. The van der Waals surface area contributed by atoms with E-state index in [0.29, 0.717) is 30.8 Å². The average Bonchev–Trinajstić information content (AvgIpc) is 2.64. The van der Waals surface area contributed by atoms with Gasteiger partial charge in [-0.25, -0.2) is 0 Å². The van der Waals surface area contributed by atoms with Crippen molar-refractivity contribution in [3.8, 4) is 0 Å². The van der Waals surface area contributed by atoms with Crippen molar-refractivity contribution in [2.45, 2.75) is 13.0 Å². The smallest absolute Gasteiger partial charge is 0.253 e. The number of carbonyl (C=O) groups is 2. The Morgan fingerprint density at radius 2 is 1.71 bits per heavy atom. The van der Waals surface area contributed by atoms with Crippen LogP contribution in [0.25, 0.3) is 0 Å². The molecule has 0 spiro atoms. The Balaban J connectivity index is 1.91. The van der Waals surface area contributed by atoms with E-state index in [9.17, 15) is 9.59 Å². The highest BCUT2D eigenvalue weighted by atomic mass is 16.5. The minimum Gasteiger partial charge on any atom is -0.385 e. The molecular formula is C18H21N3O3. The Kier molecular flexibility index (Phi) is 6.91. The summed E-state index contributed by atoms with van der Waals surface area (Å²) in [4.78, 5) is 28.2. The van der Waals surface area contributed by atoms with E-state index in [2.05, 4.69) is 15.6 Å². The minimum absolute atomic E-state index is 0.253. The van der Waals surface area contributed by atoms with E-state index >= 15 is 0 Å². The highest BCUT2D eigenvalue weighted by Gasteiger charge is 2.11. The van der Waals surface area contributed by atoms with Gasteiger partial charge in [-0.15, -0.1) is 0 Å². The Labute approximate surface area is 141 Å². The number of amides is 2. The summed E-state index contributed by atoms with van der Waals surface area (Å²) < 4.78 is 4.93. The molecule has 1 heterocycles. The van der Waals surface area contributed by atoms with Crippen LogP contribution in [-0.2, 0) is 11.3 Å². The van der Waals surface area contributed by atoms with Crippen LogP contribution < -0.4 is 10.6 Å². The van der Waals surface area contributed by atoms with E-state index in [1.165, 1.54) is 12.4 Å². The first kappa shape index (κ1) is 17.6. The molecule has 2 aromatic rings. The molecule has 0 radical (unpaired) electrons. The van der Waals surface area contributed by atoms with E-state index in [-0.39, 0.29) is 11.8 Å². The maximum Gasteiger partial charge on any atom is 0.253 e. The van der Waals surface area contributed by atoms with Crippen LogP contribution in [0.2, 0.25) is 0 Å². The van der Waals surface area contributed by atoms with Crippen LogP contribution in [0.15, 0.2) is 48.8 Å². The molecule has 0 fully saturated rings. The van der Waals surface area contributed by atoms with Crippen molar-refractivity contribution in [3.05, 3.63) is 65.5 Å². The molecule has 0 aliphatic heterocycles. The predicted molar refractivity (Wildman–Crippen MR) is 90.7 cm³/mol. The molecule has 6 nitrogen and oxygen atoms in total. The van der Waals surface area contributed by atoms with Crippen LogP contribution >= 0.6 is 0 Å². The molecule has 126 valence electrons. The predicted octanol–water partition coefficient (Wildman–Crippen LogP) is 1.78. The lowest BCUT2D eigenvalue weighted by Crippen LogP contribution is -2.27. The Bertz CT molecular complexity index is 674. The van der Waals surface area contributed by atoms with Crippen LogP contribution in [0.1, 0.15) is 32.7 Å². The van der Waals surface area contributed by atoms with Crippen molar-refractivity contribution in [1.82, 2.24) is 15.6 Å². The van der Waals surface area contributed by atoms with Gasteiger partial charge in [0.2, 0.25) is 0 Å². The van der Waals surface area contributed by atoms with E-state index in [4.69, 9.17) is 4.74 Å². The molecule has 0 atom stereocenters. The maximum atomic E-state index is 12.2. The van der Waals surface area contributed by atoms with Crippen LogP contribution in [0.4, 0.5) is 0 Å². The Hall–Kier alpha value is -2.73. The van der Waals surface area contributed by atoms with Gasteiger partial charge >= 0.3 is 0 Å². The lowest BCUT2D eigenvalue weighted by molar-refractivity contribution is 0.0948. The number of aromatic nitrogens is 1. The van der Waals surface area contributed by atoms with Gasteiger partial charge in [-0.2, -0.15) is 0 Å². The molecule has 1 aromatic carbocycles. The van der Waals surface area contributed by atoms with Crippen LogP contribution in [0.5, 0.6) is 0 Å². The van der Waals surface area contributed by atoms with Gasteiger partial charge in [-0.3, -0.25) is 14.6 Å². The van der Waals surface area contributed by atoms with Crippen molar-refractivity contribution in [3.63, 3.8) is 0 Å². The third kappa shape index (κ3) is 5.48. The van der Waals surface area contributed by atoms with Crippen LogP contribution in [0, 0.1) is 0 Å². The van der Waals surface area contributed by atoms with Crippen molar-refractivity contribution >= 4 is 11.8 Å². The van der Waals surface area contributed by atoms with Crippen molar-refractivity contribution in [2.75, 3.05) is 20.3 Å². The number of nitrogens with zero attached hydrogens (tertiary/aromatic N) is 1. The Morgan fingerprint density at radius 3 is 2.38 bits per heavy atom. The lowest BCUT2D eigenvalue weighted by Gasteiger charge is -2.07. The standard InChI is InChI=1S/C18H21N3O3/c1-24-9-5-8-20-17(22)15-10-16(13-19-12-15)18(23)21-11-14-6-3-2-4-7-14/h2-4,6-7,10,12-13H,5,8-9,11H2,1H3,(H,20,22)(H,21,23). The molecule has 0 bridgehead atoms. The van der Waals surface area contributed by atoms with Crippen molar-refractivity contribution < 1.29 is 14.3 Å². The summed E-state index contributed by atoms with van der Waals surface area (Å²) in [7, 11) is 1.61. The topological polar surface area (TPSA) is 80.3 Å². The second-order valence-electron chi connectivity index (χ2n) is 5.23. The molecule has 0 unspecified atom stereocenters. The van der Waals surface area contributed by atoms with Gasteiger partial charge in [0.05, 0.1) is 11.1 Å². The highest BCUT2D eigenvalue weighted by molar-refractivity contribution is 5.99. The summed E-state index contributed by atoms with van der Waals surface area (Å²) in [6, 6.07) is 11.2. The molecule has 2 amide bonds. The SMILES string of the molecule is COCCCNC(=O)c1cncc(C(=O)NCc2ccccc2)c1. The Morgan fingerprint density at radius 1 is 1.04 bits per heavy atom. The lowest BCUT2D eigenvalue weighted by atomic mass is 10.1. The zero-order valence-electron chi connectivity index (χ0n) is 13.6. The molecule has 1 aromatic heterocycles. The quantitative estimate of drug-likeness (QED) is 0.724. The molecular weight excluding hydrogens is 306 g/mol. The molecule has 24 heavy (non-hydrogen) atoms. The first-order valence-corrected chi connectivity index (χ1v) is 7.75. The second kappa shape index (κ2) is 9.42. The molecule has 2 rings (SSSR count). The number of rotatable bonds is 8. The first-order valence-electron chi connectivity index (χ1n) is 7.75. The number of hydrogen-bond donors (Lipinski definition) is 2. The number of ether oxygens (including phenoxy) is 1. The van der Waals surface area contributed by atoms with Crippen LogP contribution in [-0.4, -0.2) is 37.1 Å². The largest absolute Gasteiger partial charge is 0.385 e. The fraction of sp³-hybridized carbons (Fsp3) is 0.278. The summed E-state index contributed by atoms with van der Waals surface area (Å²) in [6.45, 7) is 1.52. The van der Waals surface area contributed by atoms with Gasteiger partial charge in [0.1, 0.15) is 0 Å². The maximum absolute atomic E-state index is 12.2. The molecule has 0 aliphatic rings. The second-order valence-corrected chi connectivity index (χ2v) is 5.23. The third-order valence-corrected chi connectivity index (χ3v) is 3.37. The van der Waals surface area contributed by atoms with Gasteiger partial charge in [0, 0.05) is 39.2 Å². The zero-order chi connectivity index (χ0) is 17.2. The van der Waals surface area contributed by atoms with Crippen molar-refractivity contribution in [1.29, 1.82) is 0 Å². The van der Waals surface area contributed by atoms with E-state index < -0.39 is 0 Å². The molecule has 0 saturated heterocycles. The fourth-order valence-corrected chi connectivity index (χ4v) is 2.09. The summed E-state index contributed by atoms with van der Waals surface area (Å²) in [5.41, 5.74) is 1.72. The first-order chi connectivity index (χ1) is 11.7. The van der Waals surface area contributed by atoms with E-state index in [0.717, 1.165) is 12.0 Å². The summed E-state index contributed by atoms with van der Waals surface area (Å²) >= 11 is 0. The third-order valence-electron chi connectivity index (χ3n) is 3.37. The number of benzene rings is 1. The minimum atomic E-state index is -0.264. The van der Waals surface area contributed by atoms with E-state index in [1.807, 2.05) is 30.3 Å². The highest BCUT2D eigenvalue weighted by Crippen LogP contribution is 2.04. The zero-order valence-corrected chi connectivity index (χ0v) is 13.6. The normalized spacial score (nSPS) is 10.2. The monoisotopic (exact) mass is 327 g/mol. The molecule has 2 N–H and O–H groups in total. The number of nitrogens with one attached hydrogen (secondary N) is 2. The number of hydrogen-bond acceptors (Lipinski definition) is 4. The van der Waals surface area contributed by atoms with E-state index in [1.54, 1.807) is 13.2 Å². The number of methoxy groups -OCH3 is 1. The number of carbonyl (C=O) groups excluding carboxylic acids is 2.